The molecule has 0 radical (unpaired) electrons. The fourth-order valence-corrected chi connectivity index (χ4v) is 4.75. The lowest BCUT2D eigenvalue weighted by molar-refractivity contribution is -0.137. The topological polar surface area (TPSA) is 106 Å². The number of aliphatic carboxylic acids is 2. The number of hydrogen-bond acceptors (Lipinski definition) is 2. The summed E-state index contributed by atoms with van der Waals surface area (Å²) < 4.78 is 0. The molecule has 0 saturated carbocycles. The number of benzene rings is 2. The smallest absolute Gasteiger partial charge is 0.307 e. The van der Waals surface area contributed by atoms with Crippen molar-refractivity contribution >= 4 is 33.7 Å². The SMILES string of the molecule is CCCCCC(c1[nH]c2ccccc2c1CC(=O)O)c1[nH]c2ccccc2c1CC(=O)O. The van der Waals surface area contributed by atoms with Crippen molar-refractivity contribution in [1.82, 2.24) is 9.97 Å². The molecular weight excluding hydrogens is 404 g/mol. The van der Waals surface area contributed by atoms with Crippen LogP contribution in [0.25, 0.3) is 21.8 Å². The molecule has 2 aromatic carbocycles. The maximum atomic E-state index is 11.7. The number of nitrogens with one attached hydrogen (secondary N) is 2. The summed E-state index contributed by atoms with van der Waals surface area (Å²) in [5.74, 6) is -1.92. The Morgan fingerprint density at radius 2 is 1.25 bits per heavy atom. The van der Waals surface area contributed by atoms with Crippen LogP contribution in [0, 0.1) is 0 Å². The summed E-state index contributed by atoms with van der Waals surface area (Å²) in [6.07, 6.45) is 3.71. The molecule has 0 spiro atoms. The minimum atomic E-state index is -0.884. The minimum Gasteiger partial charge on any atom is -0.481 e. The number of hydrogen-bond donors (Lipinski definition) is 4. The molecule has 4 aromatic rings. The Morgan fingerprint density at radius 1 is 0.781 bits per heavy atom. The average molecular weight is 433 g/mol. The summed E-state index contributed by atoms with van der Waals surface area (Å²) in [6, 6.07) is 15.5. The first-order chi connectivity index (χ1) is 15.5. The number of para-hydroxylation sites is 2. The molecule has 32 heavy (non-hydrogen) atoms. The van der Waals surface area contributed by atoms with Crippen molar-refractivity contribution in [2.75, 3.05) is 0 Å². The lowest BCUT2D eigenvalue weighted by atomic mass is 9.88. The van der Waals surface area contributed by atoms with E-state index in [1.165, 1.54) is 0 Å². The molecule has 6 heteroatoms. The standard InChI is InChI=1S/C26H28N2O4/c1-2-3-4-11-18(25-19(14-23(29)30)16-9-5-7-12-21(16)27-25)26-20(15-24(31)32)17-10-6-8-13-22(17)28-26/h5-10,12-13,18,27-28H,2-4,11,14-15H2,1H3,(H,29,30)(H,31,32). The summed E-state index contributed by atoms with van der Waals surface area (Å²) in [5, 5.41) is 21.1. The van der Waals surface area contributed by atoms with Gasteiger partial charge in [-0.3, -0.25) is 9.59 Å². The van der Waals surface area contributed by atoms with Crippen LogP contribution in [-0.2, 0) is 22.4 Å². The fraction of sp³-hybridized carbons (Fsp3) is 0.308. The molecule has 0 unspecified atom stereocenters. The first-order valence-electron chi connectivity index (χ1n) is 11.1. The molecule has 0 aliphatic carbocycles. The van der Waals surface area contributed by atoms with Crippen LogP contribution in [0.2, 0.25) is 0 Å². The van der Waals surface area contributed by atoms with Crippen LogP contribution in [0.3, 0.4) is 0 Å². The van der Waals surface area contributed by atoms with Crippen molar-refractivity contribution in [2.24, 2.45) is 0 Å². The molecule has 0 aliphatic rings. The lowest BCUT2D eigenvalue weighted by Crippen LogP contribution is -2.12. The predicted octanol–water partition coefficient (Wildman–Crippen LogP) is 5.62. The van der Waals surface area contributed by atoms with Gasteiger partial charge in [0.1, 0.15) is 0 Å². The van der Waals surface area contributed by atoms with E-state index in [1.807, 2.05) is 48.5 Å². The number of carboxylic acids is 2. The Labute approximate surface area is 186 Å². The number of aromatic amines is 2. The van der Waals surface area contributed by atoms with Gasteiger partial charge in [0.15, 0.2) is 0 Å². The van der Waals surface area contributed by atoms with Gasteiger partial charge in [-0.2, -0.15) is 0 Å². The van der Waals surface area contributed by atoms with Crippen molar-refractivity contribution in [2.45, 2.75) is 51.4 Å². The zero-order valence-corrected chi connectivity index (χ0v) is 18.1. The Morgan fingerprint density at radius 3 is 1.69 bits per heavy atom. The van der Waals surface area contributed by atoms with Crippen LogP contribution in [-0.4, -0.2) is 32.1 Å². The molecule has 6 nitrogen and oxygen atoms in total. The van der Waals surface area contributed by atoms with Gasteiger partial charge in [-0.25, -0.2) is 0 Å². The quantitative estimate of drug-likeness (QED) is 0.244. The summed E-state index contributed by atoms with van der Waals surface area (Å²) in [7, 11) is 0. The molecule has 4 rings (SSSR count). The number of unbranched alkanes of at least 4 members (excludes halogenated alkanes) is 2. The van der Waals surface area contributed by atoms with Crippen LogP contribution in [0.5, 0.6) is 0 Å². The van der Waals surface area contributed by atoms with E-state index in [1.54, 1.807) is 0 Å². The highest BCUT2D eigenvalue weighted by Crippen LogP contribution is 2.39. The van der Waals surface area contributed by atoms with Crippen LogP contribution >= 0.6 is 0 Å². The van der Waals surface area contributed by atoms with Gasteiger partial charge >= 0.3 is 11.9 Å². The zero-order valence-electron chi connectivity index (χ0n) is 18.1. The van der Waals surface area contributed by atoms with Crippen LogP contribution in [0.15, 0.2) is 48.5 Å². The second-order valence-corrected chi connectivity index (χ2v) is 8.32. The highest BCUT2D eigenvalue weighted by molar-refractivity contribution is 5.91. The average Bonchev–Trinajstić information content (AvgIpc) is 3.30. The van der Waals surface area contributed by atoms with E-state index in [9.17, 15) is 19.8 Å². The minimum absolute atomic E-state index is 0.0852. The van der Waals surface area contributed by atoms with E-state index in [2.05, 4.69) is 16.9 Å². The largest absolute Gasteiger partial charge is 0.481 e. The number of carbonyl (C=O) groups is 2. The molecule has 2 aromatic heterocycles. The molecule has 166 valence electrons. The van der Waals surface area contributed by atoms with E-state index >= 15 is 0 Å². The van der Waals surface area contributed by atoms with Gasteiger partial charge < -0.3 is 20.2 Å². The zero-order chi connectivity index (χ0) is 22.7. The molecule has 4 N–H and O–H groups in total. The van der Waals surface area contributed by atoms with E-state index in [4.69, 9.17) is 0 Å². The maximum absolute atomic E-state index is 11.7. The highest BCUT2D eigenvalue weighted by Gasteiger charge is 2.27. The number of aromatic nitrogens is 2. The summed E-state index contributed by atoms with van der Waals surface area (Å²) >= 11 is 0. The molecule has 0 amide bonds. The second-order valence-electron chi connectivity index (χ2n) is 8.32. The first-order valence-corrected chi connectivity index (χ1v) is 11.1. The Bertz CT molecular complexity index is 1170. The third kappa shape index (κ3) is 4.26. The van der Waals surface area contributed by atoms with Crippen molar-refractivity contribution in [1.29, 1.82) is 0 Å². The van der Waals surface area contributed by atoms with E-state index < -0.39 is 11.9 Å². The van der Waals surface area contributed by atoms with Crippen molar-refractivity contribution in [3.05, 3.63) is 71.0 Å². The van der Waals surface area contributed by atoms with E-state index in [0.29, 0.717) is 0 Å². The predicted molar refractivity (Wildman–Crippen MR) is 125 cm³/mol. The van der Waals surface area contributed by atoms with Gasteiger partial charge in [0.05, 0.1) is 12.8 Å². The number of rotatable bonds is 10. The summed E-state index contributed by atoms with van der Waals surface area (Å²) in [4.78, 5) is 30.5. The Kier molecular flexibility index (Phi) is 6.30. The van der Waals surface area contributed by atoms with Crippen LogP contribution in [0.4, 0.5) is 0 Å². The first kappa shape index (κ1) is 21.7. The normalized spacial score (nSPS) is 11.6. The van der Waals surface area contributed by atoms with Gasteiger partial charge in [0.2, 0.25) is 0 Å². The number of H-pyrrole nitrogens is 2. The molecule has 0 aliphatic heterocycles. The van der Waals surface area contributed by atoms with Crippen molar-refractivity contribution < 1.29 is 19.8 Å². The third-order valence-corrected chi connectivity index (χ3v) is 6.14. The molecule has 2 heterocycles. The lowest BCUT2D eigenvalue weighted by Gasteiger charge is -2.19. The molecule has 0 fully saturated rings. The highest BCUT2D eigenvalue weighted by atomic mass is 16.4. The molecule has 0 saturated heterocycles. The Balaban J connectivity index is 1.94. The summed E-state index contributed by atoms with van der Waals surface area (Å²) in [5.41, 5.74) is 5.07. The van der Waals surface area contributed by atoms with Crippen molar-refractivity contribution in [3.8, 4) is 0 Å². The summed E-state index contributed by atoms with van der Waals surface area (Å²) in [6.45, 7) is 2.15. The monoisotopic (exact) mass is 432 g/mol. The third-order valence-electron chi connectivity index (χ3n) is 6.14. The molecule has 0 atom stereocenters. The van der Waals surface area contributed by atoms with E-state index in [0.717, 1.165) is 70.0 Å². The molecular formula is C26H28N2O4. The van der Waals surface area contributed by atoms with Crippen LogP contribution in [0.1, 0.15) is 61.0 Å². The van der Waals surface area contributed by atoms with Gasteiger partial charge in [-0.05, 0) is 29.7 Å². The van der Waals surface area contributed by atoms with Gasteiger partial charge in [-0.1, -0.05) is 62.6 Å². The number of fused-ring (bicyclic) bond motifs is 2. The Hall–Kier alpha value is -3.54. The second kappa shape index (κ2) is 9.30. The maximum Gasteiger partial charge on any atom is 0.307 e. The molecule has 0 bridgehead atoms. The van der Waals surface area contributed by atoms with Crippen LogP contribution < -0.4 is 0 Å². The van der Waals surface area contributed by atoms with Gasteiger partial charge in [-0.15, -0.1) is 0 Å². The van der Waals surface area contributed by atoms with Crippen molar-refractivity contribution in [3.63, 3.8) is 0 Å². The number of carboxylic acid groups (broad SMARTS) is 2. The van der Waals surface area contributed by atoms with E-state index in [-0.39, 0.29) is 18.8 Å². The fourth-order valence-electron chi connectivity index (χ4n) is 4.75. The van der Waals surface area contributed by atoms with Gasteiger partial charge in [0.25, 0.3) is 0 Å². The van der Waals surface area contributed by atoms with Gasteiger partial charge in [0, 0.05) is 39.1 Å².